The van der Waals surface area contributed by atoms with Gasteiger partial charge in [0.1, 0.15) is 11.8 Å². The van der Waals surface area contributed by atoms with Gasteiger partial charge in [0.2, 0.25) is 0 Å². The smallest absolute Gasteiger partial charge is 0.142 e. The number of hydrazone groups is 1. The number of nitrogens with two attached hydrogens (primary N) is 1. The van der Waals surface area contributed by atoms with E-state index >= 15 is 0 Å². The van der Waals surface area contributed by atoms with Crippen molar-refractivity contribution in [3.05, 3.63) is 39.6 Å². The number of benzene rings is 1. The van der Waals surface area contributed by atoms with E-state index in [-0.39, 0.29) is 5.76 Å². The molecule has 1 unspecified atom stereocenters. The molecular weight excluding hydrogens is 287 g/mol. The lowest BCUT2D eigenvalue weighted by Gasteiger charge is -2.17. The maximum absolute atomic E-state index is 10.3. The molecule has 19 heavy (non-hydrogen) atoms. The maximum atomic E-state index is 10.3. The number of nitrogens with one attached hydrogen (secondary N) is 1. The van der Waals surface area contributed by atoms with Gasteiger partial charge < -0.3 is 16.0 Å². The summed E-state index contributed by atoms with van der Waals surface area (Å²) in [6.07, 6.45) is 0. The molecule has 7 heteroatoms. The van der Waals surface area contributed by atoms with E-state index < -0.39 is 6.04 Å². The van der Waals surface area contributed by atoms with E-state index in [1.54, 1.807) is 37.2 Å². The number of hydrazine groups is 1. The second-order valence-corrected chi connectivity index (χ2v) is 5.07. The first-order chi connectivity index (χ1) is 8.95. The fraction of sp³-hybridized carbons (Fsp3) is 0.250. The Morgan fingerprint density at radius 3 is 2.68 bits per heavy atom. The normalized spacial score (nSPS) is 20.3. The van der Waals surface area contributed by atoms with E-state index in [1.165, 1.54) is 0 Å². The molecule has 0 saturated carbocycles. The van der Waals surface area contributed by atoms with Gasteiger partial charge in [0, 0.05) is 12.6 Å². The number of aliphatic hydroxyl groups excluding tert-OH is 1. The van der Waals surface area contributed by atoms with Crippen LogP contribution in [-0.2, 0) is 0 Å². The zero-order chi connectivity index (χ0) is 14.2. The van der Waals surface area contributed by atoms with Crippen molar-refractivity contribution in [2.45, 2.75) is 13.0 Å². The molecule has 0 amide bonds. The summed E-state index contributed by atoms with van der Waals surface area (Å²) in [4.78, 5) is 0. The fourth-order valence-electron chi connectivity index (χ4n) is 1.98. The summed E-state index contributed by atoms with van der Waals surface area (Å²) in [6, 6.07) is 4.74. The summed E-state index contributed by atoms with van der Waals surface area (Å²) in [7, 11) is 1.79. The fourth-order valence-corrected chi connectivity index (χ4v) is 2.28. The number of aliphatic hydroxyl groups is 1. The third-order valence-electron chi connectivity index (χ3n) is 2.99. The molecule has 102 valence electrons. The minimum Gasteiger partial charge on any atom is -0.508 e. The Hall–Kier alpha value is -1.43. The topological polar surface area (TPSA) is 73.9 Å². The lowest BCUT2D eigenvalue weighted by molar-refractivity contribution is 0.343. The molecule has 1 aromatic rings. The molecule has 0 bridgehead atoms. The van der Waals surface area contributed by atoms with Crippen LogP contribution < -0.4 is 11.3 Å². The number of nitrogens with zero attached hydrogens (tertiary/aromatic N) is 2. The lowest BCUT2D eigenvalue weighted by atomic mass is 10.1. The Balaban J connectivity index is 2.47. The van der Waals surface area contributed by atoms with Gasteiger partial charge in [0.25, 0.3) is 0 Å². The highest BCUT2D eigenvalue weighted by atomic mass is 35.5. The van der Waals surface area contributed by atoms with Crippen molar-refractivity contribution in [3.8, 4) is 0 Å². The van der Waals surface area contributed by atoms with Crippen molar-refractivity contribution in [1.82, 2.24) is 10.4 Å². The molecule has 0 spiro atoms. The molecule has 2 rings (SSSR count). The van der Waals surface area contributed by atoms with Crippen LogP contribution in [0.15, 0.2) is 29.1 Å². The van der Waals surface area contributed by atoms with E-state index in [1.807, 2.05) is 0 Å². The van der Waals surface area contributed by atoms with Crippen LogP contribution in [0, 0.1) is 0 Å². The van der Waals surface area contributed by atoms with Gasteiger partial charge >= 0.3 is 0 Å². The van der Waals surface area contributed by atoms with E-state index in [4.69, 9.17) is 29.0 Å². The predicted molar refractivity (Wildman–Crippen MR) is 78.0 cm³/mol. The first kappa shape index (κ1) is 14.0. The van der Waals surface area contributed by atoms with Crippen molar-refractivity contribution in [3.63, 3.8) is 0 Å². The van der Waals surface area contributed by atoms with E-state index in [9.17, 15) is 5.11 Å². The quantitative estimate of drug-likeness (QED) is 0.445. The number of halogens is 2. The highest BCUT2D eigenvalue weighted by molar-refractivity contribution is 6.42. The van der Waals surface area contributed by atoms with Crippen LogP contribution in [0.3, 0.4) is 0 Å². The summed E-state index contributed by atoms with van der Waals surface area (Å²) < 4.78 is 0. The number of rotatable bonds is 2. The Kier molecular flexibility index (Phi) is 3.89. The van der Waals surface area contributed by atoms with Crippen LogP contribution in [0.4, 0.5) is 0 Å². The first-order valence-electron chi connectivity index (χ1n) is 5.58. The van der Waals surface area contributed by atoms with E-state index in [2.05, 4.69) is 10.5 Å². The Morgan fingerprint density at radius 2 is 2.11 bits per heavy atom. The molecule has 1 aliphatic heterocycles. The Morgan fingerprint density at radius 1 is 1.42 bits per heavy atom. The third-order valence-corrected chi connectivity index (χ3v) is 3.73. The minimum atomic E-state index is -0.431. The van der Waals surface area contributed by atoms with Crippen molar-refractivity contribution in [2.75, 3.05) is 7.05 Å². The first-order valence-corrected chi connectivity index (χ1v) is 6.34. The molecule has 0 radical (unpaired) electrons. The van der Waals surface area contributed by atoms with Crippen LogP contribution in [0.5, 0.6) is 0 Å². The molecule has 1 heterocycles. The number of hydrogen-bond donors (Lipinski definition) is 3. The molecule has 0 saturated heterocycles. The standard InChI is InChI=1S/C12H14Cl2N4O/c1-6(16-15)10-12(19)11(18(2)17-10)7-3-4-8(13)9(14)5-7/h3-5,10,17,19H,15H2,1-2H3/b16-6+. The molecule has 0 fully saturated rings. The second kappa shape index (κ2) is 5.28. The number of hydrogen-bond acceptors (Lipinski definition) is 5. The summed E-state index contributed by atoms with van der Waals surface area (Å²) in [6.45, 7) is 1.74. The van der Waals surface area contributed by atoms with Crippen LogP contribution >= 0.6 is 23.2 Å². The molecule has 1 atom stereocenters. The molecule has 0 aromatic heterocycles. The molecule has 5 nitrogen and oxygen atoms in total. The Labute approximate surface area is 121 Å². The predicted octanol–water partition coefficient (Wildman–Crippen LogP) is 2.37. The lowest BCUT2D eigenvalue weighted by Crippen LogP contribution is -2.39. The highest BCUT2D eigenvalue weighted by Crippen LogP contribution is 2.31. The maximum Gasteiger partial charge on any atom is 0.142 e. The monoisotopic (exact) mass is 300 g/mol. The summed E-state index contributed by atoms with van der Waals surface area (Å²) in [5.41, 5.74) is 5.02. The van der Waals surface area contributed by atoms with Crippen molar-refractivity contribution < 1.29 is 5.11 Å². The van der Waals surface area contributed by atoms with Crippen LogP contribution in [-0.4, -0.2) is 28.9 Å². The summed E-state index contributed by atoms with van der Waals surface area (Å²) in [5.74, 6) is 5.39. The van der Waals surface area contributed by atoms with Crippen LogP contribution in [0.25, 0.3) is 5.70 Å². The van der Waals surface area contributed by atoms with Gasteiger partial charge in [0.15, 0.2) is 0 Å². The van der Waals surface area contributed by atoms with Crippen molar-refractivity contribution in [1.29, 1.82) is 0 Å². The van der Waals surface area contributed by atoms with Gasteiger partial charge in [-0.05, 0) is 19.1 Å². The van der Waals surface area contributed by atoms with Gasteiger partial charge in [-0.25, -0.2) is 5.43 Å². The van der Waals surface area contributed by atoms with Crippen molar-refractivity contribution in [2.24, 2.45) is 10.9 Å². The third kappa shape index (κ3) is 2.49. The van der Waals surface area contributed by atoms with Gasteiger partial charge in [-0.3, -0.25) is 0 Å². The van der Waals surface area contributed by atoms with E-state index in [0.717, 1.165) is 5.56 Å². The van der Waals surface area contributed by atoms with Crippen LogP contribution in [0.1, 0.15) is 12.5 Å². The van der Waals surface area contributed by atoms with E-state index in [0.29, 0.717) is 21.5 Å². The molecule has 1 aromatic carbocycles. The average molecular weight is 301 g/mol. The van der Waals surface area contributed by atoms with Gasteiger partial charge in [0.05, 0.1) is 21.5 Å². The van der Waals surface area contributed by atoms with Gasteiger partial charge in [-0.1, -0.05) is 29.3 Å². The molecule has 4 N–H and O–H groups in total. The summed E-state index contributed by atoms with van der Waals surface area (Å²) in [5, 5.41) is 16.5. The SMILES string of the molecule is C/C(=N\N)C1NN(C)C(c2ccc(Cl)c(Cl)c2)=C1O. The van der Waals surface area contributed by atoms with Crippen LogP contribution in [0.2, 0.25) is 10.0 Å². The zero-order valence-corrected chi connectivity index (χ0v) is 12.0. The van der Waals surface area contributed by atoms with Crippen molar-refractivity contribution >= 4 is 34.6 Å². The zero-order valence-electron chi connectivity index (χ0n) is 10.5. The average Bonchev–Trinajstić information content (AvgIpc) is 2.68. The van der Waals surface area contributed by atoms with Gasteiger partial charge in [-0.15, -0.1) is 0 Å². The second-order valence-electron chi connectivity index (χ2n) is 4.25. The minimum absolute atomic E-state index is 0.146. The summed E-state index contributed by atoms with van der Waals surface area (Å²) >= 11 is 11.9. The molecule has 0 aliphatic carbocycles. The largest absolute Gasteiger partial charge is 0.508 e. The van der Waals surface area contributed by atoms with Gasteiger partial charge in [-0.2, -0.15) is 5.10 Å². The Bertz CT molecular complexity index is 571. The molecule has 1 aliphatic rings. The highest BCUT2D eigenvalue weighted by Gasteiger charge is 2.32. The molecular formula is C12H14Cl2N4O.